The van der Waals surface area contributed by atoms with Crippen LogP contribution in [0.1, 0.15) is 17.5 Å². The van der Waals surface area contributed by atoms with Gasteiger partial charge in [-0.2, -0.15) is 0 Å². The number of para-hydroxylation sites is 1. The summed E-state index contributed by atoms with van der Waals surface area (Å²) in [7, 11) is 0. The molecular formula is C24H22N2O2. The second kappa shape index (κ2) is 10.4. The minimum absolute atomic E-state index is 0.263. The molecule has 0 aliphatic carbocycles. The molecule has 2 N–H and O–H groups in total. The number of carbonyl (C=O) groups is 1. The van der Waals surface area contributed by atoms with Gasteiger partial charge in [0.1, 0.15) is 6.61 Å². The minimum Gasteiger partial charge on any atom is -0.445 e. The van der Waals surface area contributed by atoms with E-state index in [1.165, 1.54) is 0 Å². The summed E-state index contributed by atoms with van der Waals surface area (Å²) in [6, 6.07) is 27.5. The third-order valence-electron chi connectivity index (χ3n) is 3.89. The molecule has 0 aromatic heterocycles. The lowest BCUT2D eigenvalue weighted by molar-refractivity contribution is 0.140. The Morgan fingerprint density at radius 2 is 1.57 bits per heavy atom. The van der Waals surface area contributed by atoms with E-state index >= 15 is 0 Å². The lowest BCUT2D eigenvalue weighted by Gasteiger charge is -2.06. The largest absolute Gasteiger partial charge is 0.445 e. The van der Waals surface area contributed by atoms with Crippen LogP contribution >= 0.6 is 0 Å². The summed E-state index contributed by atoms with van der Waals surface area (Å²) in [5.41, 5.74) is 3.90. The molecule has 3 aromatic carbocycles. The Morgan fingerprint density at radius 3 is 2.36 bits per heavy atom. The van der Waals surface area contributed by atoms with Crippen molar-refractivity contribution in [1.29, 1.82) is 0 Å². The van der Waals surface area contributed by atoms with E-state index < -0.39 is 6.09 Å². The summed E-state index contributed by atoms with van der Waals surface area (Å²) in [5.74, 6) is 6.19. The van der Waals surface area contributed by atoms with E-state index in [9.17, 15) is 4.79 Å². The zero-order valence-corrected chi connectivity index (χ0v) is 15.5. The van der Waals surface area contributed by atoms with Gasteiger partial charge in [0.25, 0.3) is 0 Å². The van der Waals surface area contributed by atoms with Crippen molar-refractivity contribution in [2.24, 2.45) is 0 Å². The standard InChI is InChI=1S/C24H22N2O2/c27-24(28-19-21-11-3-1-4-12-21)25-17-8-7-10-20-13-9-16-23(18-20)26-22-14-5-2-6-15-22/h1-6,9,11-16,18,26H,8,17,19H2,(H,25,27). The second-order valence-corrected chi connectivity index (χ2v) is 6.11. The molecule has 0 atom stereocenters. The Morgan fingerprint density at radius 1 is 0.857 bits per heavy atom. The number of benzene rings is 3. The molecule has 4 nitrogen and oxygen atoms in total. The molecule has 3 aromatic rings. The van der Waals surface area contributed by atoms with Gasteiger partial charge in [-0.25, -0.2) is 4.79 Å². The van der Waals surface area contributed by atoms with Crippen LogP contribution in [0, 0.1) is 11.8 Å². The molecule has 0 spiro atoms. The zero-order chi connectivity index (χ0) is 19.4. The Hall–Kier alpha value is -3.71. The molecule has 1 amide bonds. The second-order valence-electron chi connectivity index (χ2n) is 6.11. The van der Waals surface area contributed by atoms with Crippen molar-refractivity contribution in [3.63, 3.8) is 0 Å². The molecule has 0 radical (unpaired) electrons. The SMILES string of the molecule is O=C(NCCC#Cc1cccc(Nc2ccccc2)c1)OCc1ccccc1. The number of amides is 1. The number of alkyl carbamates (subject to hydrolysis) is 1. The Kier molecular flexibility index (Phi) is 7.11. The van der Waals surface area contributed by atoms with E-state index in [0.717, 1.165) is 22.5 Å². The van der Waals surface area contributed by atoms with Crippen LogP contribution in [0.15, 0.2) is 84.9 Å². The first-order chi connectivity index (χ1) is 13.8. The van der Waals surface area contributed by atoms with Crippen LogP contribution in [0.2, 0.25) is 0 Å². The lowest BCUT2D eigenvalue weighted by Crippen LogP contribution is -2.24. The highest BCUT2D eigenvalue weighted by atomic mass is 16.5. The number of hydrogen-bond donors (Lipinski definition) is 2. The molecule has 3 rings (SSSR count). The number of hydrogen-bond acceptors (Lipinski definition) is 3. The molecule has 0 bridgehead atoms. The van der Waals surface area contributed by atoms with Crippen LogP contribution in [-0.4, -0.2) is 12.6 Å². The summed E-state index contributed by atoms with van der Waals surface area (Å²) >= 11 is 0. The van der Waals surface area contributed by atoms with Crippen molar-refractivity contribution in [2.45, 2.75) is 13.0 Å². The van der Waals surface area contributed by atoms with Crippen molar-refractivity contribution < 1.29 is 9.53 Å². The summed E-state index contributed by atoms with van der Waals surface area (Å²) in [6.07, 6.45) is 0.122. The molecule has 140 valence electrons. The highest BCUT2D eigenvalue weighted by Crippen LogP contribution is 2.16. The molecule has 0 saturated heterocycles. The Balaban J connectivity index is 1.41. The average Bonchev–Trinajstić information content (AvgIpc) is 2.74. The van der Waals surface area contributed by atoms with E-state index in [1.54, 1.807) is 0 Å². The lowest BCUT2D eigenvalue weighted by atomic mass is 10.2. The van der Waals surface area contributed by atoms with Crippen molar-refractivity contribution in [3.05, 3.63) is 96.1 Å². The predicted octanol–water partition coefficient (Wildman–Crippen LogP) is 5.10. The van der Waals surface area contributed by atoms with E-state index in [4.69, 9.17) is 4.74 Å². The van der Waals surface area contributed by atoms with E-state index in [1.807, 2.05) is 84.9 Å². The van der Waals surface area contributed by atoms with Crippen LogP contribution in [0.3, 0.4) is 0 Å². The van der Waals surface area contributed by atoms with Gasteiger partial charge < -0.3 is 15.4 Å². The number of ether oxygens (including phenoxy) is 1. The van der Waals surface area contributed by atoms with Gasteiger partial charge in [-0.15, -0.1) is 0 Å². The van der Waals surface area contributed by atoms with E-state index in [2.05, 4.69) is 22.5 Å². The van der Waals surface area contributed by atoms with Crippen molar-refractivity contribution >= 4 is 17.5 Å². The van der Waals surface area contributed by atoms with Crippen LogP contribution in [0.4, 0.5) is 16.2 Å². The topological polar surface area (TPSA) is 50.4 Å². The number of anilines is 2. The smallest absolute Gasteiger partial charge is 0.407 e. The highest BCUT2D eigenvalue weighted by Gasteiger charge is 2.00. The van der Waals surface area contributed by atoms with Crippen molar-refractivity contribution in [1.82, 2.24) is 5.32 Å². The summed E-state index contributed by atoms with van der Waals surface area (Å²) in [4.78, 5) is 11.7. The highest BCUT2D eigenvalue weighted by molar-refractivity contribution is 5.67. The first-order valence-corrected chi connectivity index (χ1v) is 9.15. The monoisotopic (exact) mass is 370 g/mol. The Labute approximate surface area is 165 Å². The molecule has 0 aliphatic rings. The molecule has 0 saturated carbocycles. The van der Waals surface area contributed by atoms with Gasteiger partial charge in [0, 0.05) is 29.9 Å². The van der Waals surface area contributed by atoms with Gasteiger partial charge in [-0.05, 0) is 35.9 Å². The predicted molar refractivity (Wildman–Crippen MR) is 112 cm³/mol. The summed E-state index contributed by atoms with van der Waals surface area (Å²) < 4.78 is 5.16. The van der Waals surface area contributed by atoms with Gasteiger partial charge in [0.05, 0.1) is 0 Å². The van der Waals surface area contributed by atoms with Gasteiger partial charge in [0.15, 0.2) is 0 Å². The molecule has 0 aliphatic heterocycles. The normalized spacial score (nSPS) is 9.71. The third-order valence-corrected chi connectivity index (χ3v) is 3.89. The van der Waals surface area contributed by atoms with Gasteiger partial charge >= 0.3 is 6.09 Å². The van der Waals surface area contributed by atoms with E-state index in [0.29, 0.717) is 13.0 Å². The van der Waals surface area contributed by atoms with Gasteiger partial charge in [0.2, 0.25) is 0 Å². The Bertz CT molecular complexity index is 944. The van der Waals surface area contributed by atoms with E-state index in [-0.39, 0.29) is 6.61 Å². The molecule has 0 heterocycles. The summed E-state index contributed by atoms with van der Waals surface area (Å²) in [6.45, 7) is 0.710. The average molecular weight is 370 g/mol. The van der Waals surface area contributed by atoms with Crippen LogP contribution in [-0.2, 0) is 11.3 Å². The van der Waals surface area contributed by atoms with Gasteiger partial charge in [-0.3, -0.25) is 0 Å². The van der Waals surface area contributed by atoms with Crippen LogP contribution in [0.5, 0.6) is 0 Å². The fraction of sp³-hybridized carbons (Fsp3) is 0.125. The minimum atomic E-state index is -0.431. The maximum atomic E-state index is 11.7. The fourth-order valence-corrected chi connectivity index (χ4v) is 2.53. The number of rotatable bonds is 6. The first kappa shape index (κ1) is 19.1. The number of carbonyl (C=O) groups excluding carboxylic acids is 1. The quantitative estimate of drug-likeness (QED) is 0.469. The fourth-order valence-electron chi connectivity index (χ4n) is 2.53. The molecular weight excluding hydrogens is 348 g/mol. The molecule has 0 unspecified atom stereocenters. The molecule has 0 fully saturated rings. The molecule has 4 heteroatoms. The van der Waals surface area contributed by atoms with Crippen LogP contribution in [0.25, 0.3) is 0 Å². The summed E-state index contributed by atoms with van der Waals surface area (Å²) in [5, 5.41) is 6.05. The zero-order valence-electron chi connectivity index (χ0n) is 15.5. The number of nitrogens with one attached hydrogen (secondary N) is 2. The third kappa shape index (κ3) is 6.54. The maximum absolute atomic E-state index is 11.7. The van der Waals surface area contributed by atoms with Crippen LogP contribution < -0.4 is 10.6 Å². The first-order valence-electron chi connectivity index (χ1n) is 9.15. The van der Waals surface area contributed by atoms with Crippen molar-refractivity contribution in [3.8, 4) is 11.8 Å². The molecule has 28 heavy (non-hydrogen) atoms. The van der Waals surface area contributed by atoms with Crippen molar-refractivity contribution in [2.75, 3.05) is 11.9 Å². The van der Waals surface area contributed by atoms with Gasteiger partial charge in [-0.1, -0.05) is 66.4 Å². The maximum Gasteiger partial charge on any atom is 0.407 e.